The first-order valence-electron chi connectivity index (χ1n) is 4.14. The lowest BCUT2D eigenvalue weighted by Gasteiger charge is -2.25. The monoisotopic (exact) mass is 214 g/mol. The van der Waals surface area contributed by atoms with Crippen molar-refractivity contribution in [1.29, 1.82) is 0 Å². The minimum absolute atomic E-state index is 0. The lowest BCUT2D eigenvalue weighted by molar-refractivity contribution is 0.276. The second kappa shape index (κ2) is 8.11. The molecule has 0 aromatic carbocycles. The Morgan fingerprint density at radius 3 is 2.42 bits per heavy atom. The van der Waals surface area contributed by atoms with Gasteiger partial charge in [0.15, 0.2) is 0 Å². The van der Waals surface area contributed by atoms with E-state index in [-0.39, 0.29) is 24.8 Å². The molecule has 1 N–H and O–H groups in total. The van der Waals surface area contributed by atoms with Crippen LogP contribution in [0, 0.1) is 5.92 Å². The summed E-state index contributed by atoms with van der Waals surface area (Å²) in [6, 6.07) is 0. The molecule has 1 rings (SSSR count). The Kier molecular flexibility index (Phi) is 10.1. The van der Waals surface area contributed by atoms with E-state index in [1.54, 1.807) is 0 Å². The van der Waals surface area contributed by atoms with Gasteiger partial charge in [-0.2, -0.15) is 0 Å². The van der Waals surface area contributed by atoms with Crippen molar-refractivity contribution in [2.24, 2.45) is 5.92 Å². The first-order chi connectivity index (χ1) is 4.79. The molecule has 0 aromatic rings. The van der Waals surface area contributed by atoms with Gasteiger partial charge in [0.25, 0.3) is 0 Å². The molecule has 1 unspecified atom stereocenters. The fourth-order valence-corrected chi connectivity index (χ4v) is 1.60. The summed E-state index contributed by atoms with van der Waals surface area (Å²) in [5.74, 6) is 0.892. The molecule has 0 aliphatic carbocycles. The number of nitrogens with zero attached hydrogens (tertiary/aromatic N) is 1. The van der Waals surface area contributed by atoms with Gasteiger partial charge in [0, 0.05) is 6.54 Å². The predicted molar refractivity (Wildman–Crippen MR) is 58.6 cm³/mol. The average molecular weight is 215 g/mol. The van der Waals surface area contributed by atoms with Gasteiger partial charge in [0.2, 0.25) is 0 Å². The van der Waals surface area contributed by atoms with Crippen LogP contribution >= 0.6 is 24.8 Å². The standard InChI is InChI=1S/C8H18N2.2ClH/c1-10(2)7-8-4-3-5-9-6-8;;/h8-9H,3-7H2,1-2H3;2*1H. The highest BCUT2D eigenvalue weighted by atomic mass is 35.5. The van der Waals surface area contributed by atoms with Gasteiger partial charge in [0.1, 0.15) is 0 Å². The Labute approximate surface area is 87.9 Å². The fourth-order valence-electron chi connectivity index (χ4n) is 1.60. The molecule has 1 saturated heterocycles. The molecule has 2 nitrogen and oxygen atoms in total. The molecular weight excluding hydrogens is 195 g/mol. The van der Waals surface area contributed by atoms with Crippen molar-refractivity contribution in [3.8, 4) is 0 Å². The lowest BCUT2D eigenvalue weighted by atomic mass is 9.99. The predicted octanol–water partition coefficient (Wildman–Crippen LogP) is 1.39. The summed E-state index contributed by atoms with van der Waals surface area (Å²) in [6.07, 6.45) is 2.77. The SMILES string of the molecule is CN(C)CC1CCCNC1.Cl.Cl. The van der Waals surface area contributed by atoms with Gasteiger partial charge in [-0.1, -0.05) is 0 Å². The lowest BCUT2D eigenvalue weighted by Crippen LogP contribution is -2.35. The van der Waals surface area contributed by atoms with Gasteiger partial charge in [-0.15, -0.1) is 24.8 Å². The van der Waals surface area contributed by atoms with Gasteiger partial charge in [-0.25, -0.2) is 0 Å². The molecule has 1 atom stereocenters. The van der Waals surface area contributed by atoms with Crippen LogP contribution in [0.5, 0.6) is 0 Å². The Balaban J connectivity index is 0. The molecule has 76 valence electrons. The molecular formula is C8H20Cl2N2. The van der Waals surface area contributed by atoms with Gasteiger partial charge in [-0.05, 0) is 45.9 Å². The van der Waals surface area contributed by atoms with Crippen molar-refractivity contribution in [1.82, 2.24) is 10.2 Å². The maximum absolute atomic E-state index is 3.41. The largest absolute Gasteiger partial charge is 0.316 e. The van der Waals surface area contributed by atoms with Crippen molar-refractivity contribution in [2.45, 2.75) is 12.8 Å². The highest BCUT2D eigenvalue weighted by Crippen LogP contribution is 2.09. The number of nitrogens with one attached hydrogen (secondary N) is 1. The smallest absolute Gasteiger partial charge is 0.00157 e. The van der Waals surface area contributed by atoms with Crippen molar-refractivity contribution in [3.05, 3.63) is 0 Å². The van der Waals surface area contributed by atoms with Gasteiger partial charge >= 0.3 is 0 Å². The van der Waals surface area contributed by atoms with Crippen LogP contribution in [0.15, 0.2) is 0 Å². The second-order valence-corrected chi connectivity index (χ2v) is 3.47. The van der Waals surface area contributed by atoms with Crippen LogP contribution in [0.3, 0.4) is 0 Å². The number of hydrogen-bond acceptors (Lipinski definition) is 2. The Morgan fingerprint density at radius 2 is 2.00 bits per heavy atom. The van der Waals surface area contributed by atoms with E-state index in [0.717, 1.165) is 5.92 Å². The first-order valence-corrected chi connectivity index (χ1v) is 4.14. The maximum atomic E-state index is 3.41. The third kappa shape index (κ3) is 6.06. The third-order valence-electron chi connectivity index (χ3n) is 2.02. The average Bonchev–Trinajstić information content (AvgIpc) is 1.88. The van der Waals surface area contributed by atoms with Crippen LogP contribution in [0.2, 0.25) is 0 Å². The normalized spacial score (nSPS) is 22.8. The second-order valence-electron chi connectivity index (χ2n) is 3.47. The fraction of sp³-hybridized carbons (Fsp3) is 1.00. The summed E-state index contributed by atoms with van der Waals surface area (Å²) in [7, 11) is 4.29. The summed E-state index contributed by atoms with van der Waals surface area (Å²) in [6.45, 7) is 3.69. The Hall–Kier alpha value is 0.500. The molecule has 0 spiro atoms. The molecule has 1 aliphatic heterocycles. The molecule has 12 heavy (non-hydrogen) atoms. The molecule has 0 aromatic heterocycles. The number of piperidine rings is 1. The van der Waals surface area contributed by atoms with E-state index < -0.39 is 0 Å². The van der Waals surface area contributed by atoms with Crippen LogP contribution in [-0.4, -0.2) is 38.6 Å². The van der Waals surface area contributed by atoms with Gasteiger partial charge in [0.05, 0.1) is 0 Å². The van der Waals surface area contributed by atoms with Crippen LogP contribution in [0.25, 0.3) is 0 Å². The molecule has 0 amide bonds. The maximum Gasteiger partial charge on any atom is 0.00157 e. The third-order valence-corrected chi connectivity index (χ3v) is 2.02. The minimum atomic E-state index is 0. The highest BCUT2D eigenvalue weighted by molar-refractivity contribution is 5.85. The molecule has 0 radical (unpaired) electrons. The summed E-state index contributed by atoms with van der Waals surface area (Å²) >= 11 is 0. The Morgan fingerprint density at radius 1 is 1.33 bits per heavy atom. The first kappa shape index (κ1) is 15.0. The van der Waals surface area contributed by atoms with Crippen molar-refractivity contribution >= 4 is 24.8 Å². The van der Waals surface area contributed by atoms with E-state index in [4.69, 9.17) is 0 Å². The summed E-state index contributed by atoms with van der Waals surface area (Å²) in [5, 5.41) is 3.41. The van der Waals surface area contributed by atoms with E-state index in [1.165, 1.54) is 32.5 Å². The van der Waals surface area contributed by atoms with Crippen LogP contribution in [0.4, 0.5) is 0 Å². The molecule has 1 aliphatic rings. The zero-order valence-corrected chi connectivity index (χ0v) is 9.51. The topological polar surface area (TPSA) is 15.3 Å². The van der Waals surface area contributed by atoms with E-state index in [0.29, 0.717) is 0 Å². The van der Waals surface area contributed by atoms with Crippen molar-refractivity contribution in [2.75, 3.05) is 33.7 Å². The summed E-state index contributed by atoms with van der Waals surface area (Å²) in [4.78, 5) is 2.28. The van der Waals surface area contributed by atoms with Crippen molar-refractivity contribution in [3.63, 3.8) is 0 Å². The van der Waals surface area contributed by atoms with E-state index in [1.807, 2.05) is 0 Å². The van der Waals surface area contributed by atoms with Gasteiger partial charge < -0.3 is 10.2 Å². The molecule has 4 heteroatoms. The molecule has 1 fully saturated rings. The quantitative estimate of drug-likeness (QED) is 0.748. The van der Waals surface area contributed by atoms with Crippen LogP contribution in [0.1, 0.15) is 12.8 Å². The molecule has 1 heterocycles. The molecule has 0 saturated carbocycles. The molecule has 0 bridgehead atoms. The van der Waals surface area contributed by atoms with Gasteiger partial charge in [-0.3, -0.25) is 0 Å². The minimum Gasteiger partial charge on any atom is -0.316 e. The summed E-state index contributed by atoms with van der Waals surface area (Å²) in [5.41, 5.74) is 0. The van der Waals surface area contributed by atoms with E-state index in [2.05, 4.69) is 24.3 Å². The van der Waals surface area contributed by atoms with Crippen molar-refractivity contribution < 1.29 is 0 Å². The number of halogens is 2. The zero-order valence-electron chi connectivity index (χ0n) is 7.88. The van der Waals surface area contributed by atoms with E-state index >= 15 is 0 Å². The summed E-state index contributed by atoms with van der Waals surface area (Å²) < 4.78 is 0. The van der Waals surface area contributed by atoms with Crippen LogP contribution < -0.4 is 5.32 Å². The zero-order chi connectivity index (χ0) is 7.40. The number of hydrogen-bond donors (Lipinski definition) is 1. The number of rotatable bonds is 2. The van der Waals surface area contributed by atoms with Crippen LogP contribution in [-0.2, 0) is 0 Å². The van der Waals surface area contributed by atoms with E-state index in [9.17, 15) is 0 Å². The highest BCUT2D eigenvalue weighted by Gasteiger charge is 2.12. The Bertz CT molecular complexity index is 93.1.